The molecule has 0 aromatic heterocycles. The van der Waals surface area contributed by atoms with Crippen LogP contribution < -0.4 is 4.74 Å². The van der Waals surface area contributed by atoms with Crippen LogP contribution in [0.1, 0.15) is 32.8 Å². The van der Waals surface area contributed by atoms with Crippen LogP contribution >= 0.6 is 23.2 Å². The zero-order chi connectivity index (χ0) is 13.1. The summed E-state index contributed by atoms with van der Waals surface area (Å²) in [5.74, 6) is 0.600. The normalized spacial score (nSPS) is 11.6. The van der Waals surface area contributed by atoms with Gasteiger partial charge in [-0.25, -0.2) is 0 Å². The maximum atomic E-state index is 9.06. The summed E-state index contributed by atoms with van der Waals surface area (Å²) in [6, 6.07) is 3.56. The van der Waals surface area contributed by atoms with Crippen LogP contribution in [0.15, 0.2) is 12.1 Å². The van der Waals surface area contributed by atoms with Crippen molar-refractivity contribution in [1.82, 2.24) is 0 Å². The van der Waals surface area contributed by atoms with E-state index >= 15 is 0 Å². The van der Waals surface area contributed by atoms with Crippen molar-refractivity contribution in [2.45, 2.75) is 32.6 Å². The fourth-order valence-electron chi connectivity index (χ4n) is 1.73. The number of ether oxygens (including phenoxy) is 1. The summed E-state index contributed by atoms with van der Waals surface area (Å²) in [6.07, 6.45) is 0.636. The first kappa shape index (κ1) is 14.6. The Morgan fingerprint density at radius 3 is 2.41 bits per heavy atom. The van der Waals surface area contributed by atoms with Crippen molar-refractivity contribution in [1.29, 1.82) is 0 Å². The molecular formula is C13H18Cl2O2. The first-order chi connectivity index (χ1) is 7.92. The van der Waals surface area contributed by atoms with E-state index < -0.39 is 0 Å². The van der Waals surface area contributed by atoms with Crippen molar-refractivity contribution < 1.29 is 9.84 Å². The molecule has 4 heteroatoms. The van der Waals surface area contributed by atoms with E-state index in [-0.39, 0.29) is 12.0 Å². The van der Waals surface area contributed by atoms with E-state index in [1.165, 1.54) is 0 Å². The summed E-state index contributed by atoms with van der Waals surface area (Å²) in [7, 11) is 0. The molecule has 0 saturated heterocycles. The first-order valence-corrected chi connectivity index (χ1v) is 6.41. The minimum atomic E-state index is -0.208. The van der Waals surface area contributed by atoms with Crippen LogP contribution in [0, 0.1) is 0 Å². The van der Waals surface area contributed by atoms with Gasteiger partial charge in [0.2, 0.25) is 0 Å². The molecule has 0 heterocycles. The monoisotopic (exact) mass is 276 g/mol. The number of halogens is 2. The number of rotatable bonds is 5. The minimum absolute atomic E-state index is 0.119. The molecule has 0 spiro atoms. The van der Waals surface area contributed by atoms with Crippen LogP contribution in [0.2, 0.25) is 10.0 Å². The van der Waals surface area contributed by atoms with Crippen LogP contribution in [0.4, 0.5) is 0 Å². The first-order valence-electron chi connectivity index (χ1n) is 5.65. The van der Waals surface area contributed by atoms with Gasteiger partial charge in [-0.15, -0.1) is 0 Å². The van der Waals surface area contributed by atoms with Crippen molar-refractivity contribution in [2.24, 2.45) is 0 Å². The van der Waals surface area contributed by atoms with Gasteiger partial charge in [-0.1, -0.05) is 37.0 Å². The highest BCUT2D eigenvalue weighted by atomic mass is 35.5. The summed E-state index contributed by atoms with van der Waals surface area (Å²) in [5, 5.41) is 10.2. The molecule has 96 valence electrons. The lowest BCUT2D eigenvalue weighted by Crippen LogP contribution is -2.19. The highest BCUT2D eigenvalue weighted by Gasteiger charge is 2.24. The molecule has 2 nitrogen and oxygen atoms in total. The maximum absolute atomic E-state index is 9.06. The smallest absolute Gasteiger partial charge is 0.139 e. The molecule has 0 unspecified atom stereocenters. The number of aliphatic hydroxyl groups excluding tert-OH is 1. The third-order valence-corrected chi connectivity index (χ3v) is 3.40. The Kier molecular flexibility index (Phi) is 5.11. The van der Waals surface area contributed by atoms with Gasteiger partial charge in [0.1, 0.15) is 5.75 Å². The molecule has 0 bridgehead atoms. The molecule has 0 radical (unpaired) electrons. The topological polar surface area (TPSA) is 29.5 Å². The summed E-state index contributed by atoms with van der Waals surface area (Å²) in [6.45, 7) is 6.62. The van der Waals surface area contributed by atoms with Crippen LogP contribution in [0.5, 0.6) is 5.75 Å². The van der Waals surface area contributed by atoms with E-state index in [0.29, 0.717) is 28.8 Å². The number of hydrogen-bond donors (Lipinski definition) is 1. The maximum Gasteiger partial charge on any atom is 0.139 e. The summed E-state index contributed by atoms with van der Waals surface area (Å²) in [4.78, 5) is 0. The van der Waals surface area contributed by atoms with E-state index in [9.17, 15) is 0 Å². The average Bonchev–Trinajstić information content (AvgIpc) is 2.23. The largest absolute Gasteiger partial charge is 0.492 e. The van der Waals surface area contributed by atoms with Crippen LogP contribution in [-0.4, -0.2) is 18.3 Å². The van der Waals surface area contributed by atoms with E-state index in [4.69, 9.17) is 33.0 Å². The summed E-state index contributed by atoms with van der Waals surface area (Å²) >= 11 is 12.4. The molecule has 0 aliphatic rings. The molecule has 1 rings (SSSR count). The number of hydrogen-bond acceptors (Lipinski definition) is 2. The average molecular weight is 277 g/mol. The Hall–Kier alpha value is -0.440. The highest BCUT2D eigenvalue weighted by molar-refractivity contribution is 6.34. The molecule has 1 aromatic carbocycles. The third-order valence-electron chi connectivity index (χ3n) is 2.79. The molecule has 0 atom stereocenters. The van der Waals surface area contributed by atoms with E-state index in [0.717, 1.165) is 5.56 Å². The predicted octanol–water partition coefficient (Wildman–Crippen LogP) is 4.05. The molecule has 1 N–H and O–H groups in total. The standard InChI is InChI=1S/C13H18Cl2O2/c1-4-17-12-8-10(14)9(7-11(12)15)13(2,3)5-6-16/h7-8,16H,4-6H2,1-3H3. The molecular weight excluding hydrogens is 259 g/mol. The summed E-state index contributed by atoms with van der Waals surface area (Å²) in [5.41, 5.74) is 0.724. The van der Waals surface area contributed by atoms with Crippen molar-refractivity contribution >= 4 is 23.2 Å². The van der Waals surface area contributed by atoms with Gasteiger partial charge in [-0.05, 0) is 30.4 Å². The lowest BCUT2D eigenvalue weighted by molar-refractivity contribution is 0.252. The Morgan fingerprint density at radius 2 is 1.88 bits per heavy atom. The number of aliphatic hydroxyl groups is 1. The van der Waals surface area contributed by atoms with Crippen molar-refractivity contribution in [3.05, 3.63) is 27.7 Å². The SMILES string of the molecule is CCOc1cc(Cl)c(C(C)(C)CCO)cc1Cl. The van der Waals surface area contributed by atoms with Crippen LogP contribution in [0.3, 0.4) is 0 Å². The predicted molar refractivity (Wildman–Crippen MR) is 72.4 cm³/mol. The zero-order valence-corrected chi connectivity index (χ0v) is 11.9. The second-order valence-corrected chi connectivity index (χ2v) is 5.37. The molecule has 0 amide bonds. The van der Waals surface area contributed by atoms with Gasteiger partial charge >= 0.3 is 0 Å². The molecule has 17 heavy (non-hydrogen) atoms. The number of benzene rings is 1. The van der Waals surface area contributed by atoms with E-state index in [2.05, 4.69) is 0 Å². The zero-order valence-electron chi connectivity index (χ0n) is 10.4. The van der Waals surface area contributed by atoms with Gasteiger partial charge < -0.3 is 9.84 Å². The van der Waals surface area contributed by atoms with Crippen molar-refractivity contribution in [3.63, 3.8) is 0 Å². The minimum Gasteiger partial charge on any atom is -0.492 e. The lowest BCUT2D eigenvalue weighted by atomic mass is 9.82. The lowest BCUT2D eigenvalue weighted by Gasteiger charge is -2.26. The van der Waals surface area contributed by atoms with Gasteiger partial charge in [0.15, 0.2) is 0 Å². The third kappa shape index (κ3) is 3.51. The Balaban J connectivity index is 3.15. The van der Waals surface area contributed by atoms with Crippen molar-refractivity contribution in [2.75, 3.05) is 13.2 Å². The second kappa shape index (κ2) is 5.94. The fraction of sp³-hybridized carbons (Fsp3) is 0.538. The quantitative estimate of drug-likeness (QED) is 0.879. The van der Waals surface area contributed by atoms with Crippen LogP contribution in [0.25, 0.3) is 0 Å². The van der Waals surface area contributed by atoms with E-state index in [1.54, 1.807) is 6.07 Å². The Labute approximate surface area is 113 Å². The fourth-order valence-corrected chi connectivity index (χ4v) is 2.36. The molecule has 0 fully saturated rings. The molecule has 0 saturated carbocycles. The summed E-state index contributed by atoms with van der Waals surface area (Å²) < 4.78 is 5.38. The van der Waals surface area contributed by atoms with Gasteiger partial charge in [0, 0.05) is 17.7 Å². The van der Waals surface area contributed by atoms with Crippen LogP contribution in [-0.2, 0) is 5.41 Å². The van der Waals surface area contributed by atoms with Gasteiger partial charge in [-0.2, -0.15) is 0 Å². The van der Waals surface area contributed by atoms with Gasteiger partial charge in [0.05, 0.1) is 11.6 Å². The Bertz CT molecular complexity index is 389. The van der Waals surface area contributed by atoms with E-state index in [1.807, 2.05) is 26.8 Å². The highest BCUT2D eigenvalue weighted by Crippen LogP contribution is 2.38. The van der Waals surface area contributed by atoms with Gasteiger partial charge in [0.25, 0.3) is 0 Å². The molecule has 1 aromatic rings. The van der Waals surface area contributed by atoms with Crippen molar-refractivity contribution in [3.8, 4) is 5.75 Å². The molecule has 0 aliphatic heterocycles. The van der Waals surface area contributed by atoms with Gasteiger partial charge in [-0.3, -0.25) is 0 Å². The molecule has 0 aliphatic carbocycles. The Morgan fingerprint density at radius 1 is 1.24 bits per heavy atom. The second-order valence-electron chi connectivity index (χ2n) is 4.55.